The molecule has 2 aromatic heterocycles. The Morgan fingerprint density at radius 2 is 1.63 bits per heavy atom. The molecular weight excluding hydrogens is 390 g/mol. The fourth-order valence-electron chi connectivity index (χ4n) is 3.47. The van der Waals surface area contributed by atoms with Gasteiger partial charge in [-0.15, -0.1) is 0 Å². The number of carbonyl (C=O) groups excluding carboxylic acids is 4. The van der Waals surface area contributed by atoms with Gasteiger partial charge in [0.1, 0.15) is 23.3 Å². The van der Waals surface area contributed by atoms with Crippen molar-refractivity contribution in [2.24, 2.45) is 0 Å². The van der Waals surface area contributed by atoms with Crippen LogP contribution in [0.2, 0.25) is 0 Å². The minimum Gasteiger partial charge on any atom is -0.544 e. The summed E-state index contributed by atoms with van der Waals surface area (Å²) in [4.78, 5) is 46.6. The van der Waals surface area contributed by atoms with Gasteiger partial charge in [0.05, 0.1) is 29.2 Å². The number of benzene rings is 2. The summed E-state index contributed by atoms with van der Waals surface area (Å²) >= 11 is 0. The maximum atomic E-state index is 12.2. The number of nitrogens with zero attached hydrogens (tertiary/aromatic N) is 1. The van der Waals surface area contributed by atoms with Crippen molar-refractivity contribution in [2.45, 2.75) is 26.4 Å². The number of imide groups is 1. The number of aliphatic hydroxyl groups is 1. The molecule has 1 aromatic carbocycles. The Balaban J connectivity index is 0.000000177. The van der Waals surface area contributed by atoms with Crippen molar-refractivity contribution in [2.75, 3.05) is 13.1 Å². The zero-order valence-corrected chi connectivity index (χ0v) is 16.8. The number of quaternary nitrogens is 1. The van der Waals surface area contributed by atoms with Gasteiger partial charge in [0.15, 0.2) is 5.78 Å². The highest BCUT2D eigenvalue weighted by Gasteiger charge is 2.52. The Hall–Kier alpha value is -3.36. The highest BCUT2D eigenvalue weighted by molar-refractivity contribution is 6.14. The molecule has 4 rings (SSSR count). The number of likely N-dealkylation sites (N-methyl/N-ethyl adjacent to an activating group) is 1. The van der Waals surface area contributed by atoms with Gasteiger partial charge in [0.25, 0.3) is 0 Å². The lowest BCUT2D eigenvalue weighted by Gasteiger charge is -2.27. The largest absolute Gasteiger partial charge is 0.544 e. The van der Waals surface area contributed by atoms with Crippen molar-refractivity contribution in [3.63, 3.8) is 0 Å². The second kappa shape index (κ2) is 7.47. The van der Waals surface area contributed by atoms with E-state index in [0.717, 1.165) is 0 Å². The van der Waals surface area contributed by atoms with E-state index in [2.05, 4.69) is 0 Å². The van der Waals surface area contributed by atoms with E-state index < -0.39 is 34.4 Å². The molecule has 1 N–H and O–H groups in total. The third-order valence-electron chi connectivity index (χ3n) is 5.08. The third-order valence-corrected chi connectivity index (χ3v) is 5.08. The first-order chi connectivity index (χ1) is 14.0. The molecule has 1 aliphatic rings. The zero-order chi connectivity index (χ0) is 22.3. The fraction of sp³-hybridized carbons (Fsp3) is 0.273. The van der Waals surface area contributed by atoms with Gasteiger partial charge in [-0.05, 0) is 51.1 Å². The lowest BCUT2D eigenvalue weighted by atomic mass is 9.97. The first-order valence-corrected chi connectivity index (χ1v) is 9.36. The Kier molecular flexibility index (Phi) is 5.32. The molecule has 2 bridgehead atoms. The maximum absolute atomic E-state index is 12.2. The van der Waals surface area contributed by atoms with Crippen LogP contribution in [0.25, 0.3) is 11.2 Å². The van der Waals surface area contributed by atoms with Gasteiger partial charge in [-0.3, -0.25) is 4.79 Å². The quantitative estimate of drug-likeness (QED) is 0.382. The molecule has 30 heavy (non-hydrogen) atoms. The average molecular weight is 411 g/mol. The van der Waals surface area contributed by atoms with E-state index in [0.29, 0.717) is 27.9 Å². The van der Waals surface area contributed by atoms with Gasteiger partial charge in [-0.25, -0.2) is 9.59 Å². The van der Waals surface area contributed by atoms with E-state index in [4.69, 9.17) is 4.42 Å². The molecule has 8 nitrogen and oxygen atoms in total. The molecular formula is C22H21NO7. The molecule has 0 fully saturated rings. The average Bonchev–Trinajstić information content (AvgIpc) is 3.37. The lowest BCUT2D eigenvalue weighted by Crippen LogP contribution is -2.57. The van der Waals surface area contributed by atoms with Crippen molar-refractivity contribution < 1.29 is 38.3 Å². The van der Waals surface area contributed by atoms with Gasteiger partial charge >= 0.3 is 11.8 Å². The Morgan fingerprint density at radius 3 is 2.00 bits per heavy atom. The summed E-state index contributed by atoms with van der Waals surface area (Å²) in [5, 5.41) is 20.2. The minimum atomic E-state index is -1.40. The molecule has 1 aliphatic heterocycles. The summed E-state index contributed by atoms with van der Waals surface area (Å²) in [6, 6.07) is 11.6. The van der Waals surface area contributed by atoms with Crippen molar-refractivity contribution >= 4 is 34.7 Å². The van der Waals surface area contributed by atoms with Crippen LogP contribution in [0.3, 0.4) is 0 Å². The Labute approximate surface area is 172 Å². The van der Waals surface area contributed by atoms with Crippen LogP contribution in [0.5, 0.6) is 0 Å². The van der Waals surface area contributed by atoms with Gasteiger partial charge in [0.2, 0.25) is 0 Å². The van der Waals surface area contributed by atoms with Crippen LogP contribution in [0, 0.1) is 0 Å². The topological polar surface area (TPSA) is 125 Å². The number of amides is 2. The summed E-state index contributed by atoms with van der Waals surface area (Å²) in [6.45, 7) is 4.06. The lowest BCUT2D eigenvalue weighted by molar-refractivity contribution is -0.755. The van der Waals surface area contributed by atoms with Crippen molar-refractivity contribution in [1.29, 1.82) is 0 Å². The molecule has 0 aliphatic carbocycles. The minimum absolute atomic E-state index is 0.111. The molecule has 8 heteroatoms. The van der Waals surface area contributed by atoms with E-state index in [1.807, 2.05) is 0 Å². The standard InChI is InChI=1S/C12H11NO4.C10H10O3/c1-2-13(7-10(14)15)11(16)8-5-3-4-6-9(8)12(13)17;1-10(2,12)9(11)7-5-6-3-4-8(7)13-6/h3-6H,2,7H2,1H3;3-5,12H,1-2H3. The summed E-state index contributed by atoms with van der Waals surface area (Å²) in [5.74, 6) is -2.63. The number of ketones is 1. The third kappa shape index (κ3) is 3.51. The summed E-state index contributed by atoms with van der Waals surface area (Å²) in [5.41, 5.74) is 0.928. The molecule has 0 radical (unpaired) electrons. The fourth-order valence-corrected chi connectivity index (χ4v) is 3.47. The smallest absolute Gasteiger partial charge is 0.354 e. The molecule has 0 unspecified atom stereocenters. The normalized spacial score (nSPS) is 15.1. The number of carbonyl (C=O) groups is 4. The zero-order valence-electron chi connectivity index (χ0n) is 16.8. The summed E-state index contributed by atoms with van der Waals surface area (Å²) in [7, 11) is 0. The van der Waals surface area contributed by atoms with Crippen LogP contribution < -0.4 is 5.11 Å². The molecule has 0 saturated heterocycles. The molecule has 3 aromatic rings. The summed E-state index contributed by atoms with van der Waals surface area (Å²) in [6.07, 6.45) is 0. The van der Waals surface area contributed by atoms with E-state index in [1.54, 1.807) is 49.4 Å². The van der Waals surface area contributed by atoms with Crippen molar-refractivity contribution in [3.05, 3.63) is 59.2 Å². The van der Waals surface area contributed by atoms with Gasteiger partial charge < -0.3 is 19.4 Å². The monoisotopic (exact) mass is 411 g/mol. The van der Waals surface area contributed by atoms with Crippen LogP contribution in [0.1, 0.15) is 51.8 Å². The highest BCUT2D eigenvalue weighted by Crippen LogP contribution is 2.29. The van der Waals surface area contributed by atoms with E-state index in [9.17, 15) is 29.4 Å². The summed E-state index contributed by atoms with van der Waals surface area (Å²) < 4.78 is 4.49. The number of hydrogen-bond acceptors (Lipinski definition) is 7. The highest BCUT2D eigenvalue weighted by atomic mass is 16.4. The van der Waals surface area contributed by atoms with Crippen molar-refractivity contribution in [1.82, 2.24) is 0 Å². The van der Waals surface area contributed by atoms with Crippen LogP contribution in [0.15, 0.2) is 46.9 Å². The van der Waals surface area contributed by atoms with Crippen LogP contribution >= 0.6 is 0 Å². The number of carboxylic acid groups (broad SMARTS) is 1. The number of hydrogen-bond donors (Lipinski definition) is 1. The SMILES string of the molecule is CC(C)(O)C(=O)c1cc2ccc1o2.CC[N+]1(CC(=O)[O-])C(=O)c2ccccc2C1=O. The molecule has 3 heterocycles. The van der Waals surface area contributed by atoms with Crippen LogP contribution in [-0.2, 0) is 4.79 Å². The first-order valence-electron chi connectivity index (χ1n) is 9.36. The second-order valence-corrected chi connectivity index (χ2v) is 7.62. The molecule has 2 amide bonds. The van der Waals surface area contributed by atoms with Gasteiger partial charge in [-0.2, -0.15) is 4.48 Å². The number of carboxylic acids is 1. The molecule has 0 atom stereocenters. The molecule has 0 spiro atoms. The predicted octanol–water partition coefficient (Wildman–Crippen LogP) is 1.39. The Bertz CT molecular complexity index is 1100. The van der Waals surface area contributed by atoms with E-state index in [1.165, 1.54) is 13.8 Å². The van der Waals surface area contributed by atoms with Gasteiger partial charge in [-0.1, -0.05) is 12.1 Å². The number of fused-ring (bicyclic) bond motifs is 3. The number of aliphatic carboxylic acids is 1. The maximum Gasteiger partial charge on any atom is 0.354 e. The van der Waals surface area contributed by atoms with E-state index in [-0.39, 0.29) is 12.3 Å². The Morgan fingerprint density at radius 1 is 1.07 bits per heavy atom. The van der Waals surface area contributed by atoms with Gasteiger partial charge in [0, 0.05) is 0 Å². The number of rotatable bonds is 5. The van der Waals surface area contributed by atoms with Crippen LogP contribution in [-0.4, -0.2) is 51.8 Å². The molecule has 156 valence electrons. The number of Topliss-reactive ketones (excluding diaryl/α,β-unsaturated/α-hetero) is 1. The van der Waals surface area contributed by atoms with Crippen LogP contribution in [0.4, 0.5) is 0 Å². The van der Waals surface area contributed by atoms with E-state index >= 15 is 0 Å². The predicted molar refractivity (Wildman–Crippen MR) is 104 cm³/mol. The second-order valence-electron chi connectivity index (χ2n) is 7.62. The molecule has 0 saturated carbocycles. The first kappa shape index (κ1) is 21.4. The van der Waals surface area contributed by atoms with Crippen molar-refractivity contribution in [3.8, 4) is 0 Å². The number of furan rings is 2.